The molecule has 0 heterocycles. The summed E-state index contributed by atoms with van der Waals surface area (Å²) in [5.74, 6) is 0. The van der Waals surface area contributed by atoms with Crippen LogP contribution in [0.2, 0.25) is 0 Å². The zero-order valence-electron chi connectivity index (χ0n) is 32.3. The maximum Gasteiger partial charge on any atom is 0.0671 e. The van der Waals surface area contributed by atoms with Crippen molar-refractivity contribution in [3.63, 3.8) is 0 Å². The van der Waals surface area contributed by atoms with Crippen LogP contribution in [0, 0.1) is 0 Å². The summed E-state index contributed by atoms with van der Waals surface area (Å²) < 4.78 is 0. The summed E-state index contributed by atoms with van der Waals surface area (Å²) in [6, 6.07) is 65.0. The summed E-state index contributed by atoms with van der Waals surface area (Å²) in [6.07, 6.45) is 3.17. The summed E-state index contributed by atoms with van der Waals surface area (Å²) in [7, 11) is 0. The zero-order chi connectivity index (χ0) is 37.3. The van der Waals surface area contributed by atoms with E-state index < -0.39 is 0 Å². The predicted octanol–water partition coefficient (Wildman–Crippen LogP) is 15.2. The molecule has 1 atom stereocenters. The van der Waals surface area contributed by atoms with Crippen LogP contribution in [-0.4, -0.2) is 0 Å². The minimum Gasteiger partial charge on any atom is -0.331 e. The van der Waals surface area contributed by atoms with Gasteiger partial charge in [-0.2, -0.15) is 0 Å². The summed E-state index contributed by atoms with van der Waals surface area (Å²) in [5, 5.41) is 7.38. The first kappa shape index (κ1) is 35.2. The second-order valence-electron chi connectivity index (χ2n) is 15.2. The molecule has 0 radical (unpaired) electrons. The van der Waals surface area contributed by atoms with Crippen LogP contribution in [0.5, 0.6) is 0 Å². The van der Waals surface area contributed by atoms with Crippen molar-refractivity contribution in [3.05, 3.63) is 187 Å². The summed E-state index contributed by atoms with van der Waals surface area (Å²) in [4.78, 5) is 5.00. The number of fused-ring (bicyclic) bond motifs is 3. The molecule has 268 valence electrons. The van der Waals surface area contributed by atoms with Crippen molar-refractivity contribution >= 4 is 60.8 Å². The lowest BCUT2D eigenvalue weighted by atomic mass is 9.76. The Morgan fingerprint density at radius 3 is 1.41 bits per heavy atom. The quantitative estimate of drug-likeness (QED) is 0.132. The number of benzene rings is 8. The van der Waals surface area contributed by atoms with Gasteiger partial charge in [-0.25, -0.2) is 0 Å². The molecule has 1 unspecified atom stereocenters. The summed E-state index contributed by atoms with van der Waals surface area (Å²) >= 11 is 0. The second kappa shape index (κ2) is 14.5. The van der Waals surface area contributed by atoms with Crippen LogP contribution < -0.4 is 9.80 Å². The van der Waals surface area contributed by atoms with Crippen molar-refractivity contribution in [3.8, 4) is 0 Å². The number of rotatable bonds is 11. The SMILES string of the molecule is CCC(C)(CC)c1ccc(C(C)(CC)N(c2ccc(N(c3cccc4ccccc34)c3cccc4ccccc34)cc2)c2ccc3ccccc3c2)cc1. The lowest BCUT2D eigenvalue weighted by Crippen LogP contribution is -2.40. The third-order valence-electron chi connectivity index (χ3n) is 12.3. The molecule has 0 aliphatic rings. The first-order valence-corrected chi connectivity index (χ1v) is 19.6. The van der Waals surface area contributed by atoms with Gasteiger partial charge in [0, 0.05) is 27.8 Å². The Morgan fingerprint density at radius 2 is 0.852 bits per heavy atom. The second-order valence-corrected chi connectivity index (χ2v) is 15.2. The van der Waals surface area contributed by atoms with Crippen molar-refractivity contribution in [2.75, 3.05) is 9.80 Å². The molecule has 0 N–H and O–H groups in total. The number of hydrogen-bond acceptors (Lipinski definition) is 2. The van der Waals surface area contributed by atoms with Gasteiger partial charge in [0.1, 0.15) is 0 Å². The molecule has 8 rings (SSSR count). The van der Waals surface area contributed by atoms with Gasteiger partial charge in [0.05, 0.1) is 16.9 Å². The highest BCUT2D eigenvalue weighted by Gasteiger charge is 2.35. The van der Waals surface area contributed by atoms with Crippen molar-refractivity contribution in [1.29, 1.82) is 0 Å². The van der Waals surface area contributed by atoms with Crippen LogP contribution in [0.25, 0.3) is 32.3 Å². The van der Waals surface area contributed by atoms with E-state index in [9.17, 15) is 0 Å². The largest absolute Gasteiger partial charge is 0.331 e. The molecule has 2 nitrogen and oxygen atoms in total. The third kappa shape index (κ3) is 6.20. The van der Waals surface area contributed by atoms with Crippen molar-refractivity contribution < 1.29 is 0 Å². The van der Waals surface area contributed by atoms with Gasteiger partial charge < -0.3 is 9.80 Å². The smallest absolute Gasteiger partial charge is 0.0671 e. The molecule has 2 heteroatoms. The molecule has 8 aromatic rings. The highest BCUT2D eigenvalue weighted by Crippen LogP contribution is 2.46. The van der Waals surface area contributed by atoms with Crippen molar-refractivity contribution in [2.24, 2.45) is 0 Å². The molecule has 8 aromatic carbocycles. The molecule has 0 amide bonds. The summed E-state index contributed by atoms with van der Waals surface area (Å²) in [6.45, 7) is 11.7. The van der Waals surface area contributed by atoms with Gasteiger partial charge in [0.2, 0.25) is 0 Å². The van der Waals surface area contributed by atoms with Crippen LogP contribution in [0.4, 0.5) is 28.4 Å². The maximum absolute atomic E-state index is 2.57. The number of hydrogen-bond donors (Lipinski definition) is 0. The fraction of sp³-hybridized carbons (Fsp3) is 0.192. The first-order chi connectivity index (χ1) is 26.4. The topological polar surface area (TPSA) is 6.48 Å². The Hall–Kier alpha value is -5.86. The fourth-order valence-corrected chi connectivity index (χ4v) is 8.38. The average molecular weight is 703 g/mol. The number of anilines is 5. The zero-order valence-corrected chi connectivity index (χ0v) is 32.3. The standard InChI is InChI=1S/C52H50N2/c1-6-51(4,7-2)42-28-30-43(31-29-42)52(5,8-3)54(46-32-27-38-17-9-10-20-41(38)37-46)45-35-33-44(34-36-45)53(49-25-15-21-39-18-11-13-23-47(39)49)50-26-16-22-40-19-12-14-24-48(40)50/h9-37H,6-8H2,1-5H3. The molecular formula is C52H50N2. The van der Waals surface area contributed by atoms with Gasteiger partial charge in [-0.15, -0.1) is 0 Å². The predicted molar refractivity (Wildman–Crippen MR) is 234 cm³/mol. The third-order valence-corrected chi connectivity index (χ3v) is 12.3. The molecular weight excluding hydrogens is 653 g/mol. The Morgan fingerprint density at radius 1 is 0.389 bits per heavy atom. The molecule has 0 aliphatic carbocycles. The lowest BCUT2D eigenvalue weighted by Gasteiger charge is -2.44. The Balaban J connectivity index is 1.30. The first-order valence-electron chi connectivity index (χ1n) is 19.6. The van der Waals surface area contributed by atoms with Crippen LogP contribution >= 0.6 is 0 Å². The van der Waals surface area contributed by atoms with Crippen LogP contribution in [0.1, 0.15) is 65.0 Å². The van der Waals surface area contributed by atoms with E-state index in [-0.39, 0.29) is 11.0 Å². The van der Waals surface area contributed by atoms with Crippen LogP contribution in [0.3, 0.4) is 0 Å². The van der Waals surface area contributed by atoms with E-state index in [2.05, 4.69) is 220 Å². The van der Waals surface area contributed by atoms with Crippen LogP contribution in [0.15, 0.2) is 176 Å². The molecule has 0 bridgehead atoms. The average Bonchev–Trinajstić information content (AvgIpc) is 3.24. The monoisotopic (exact) mass is 702 g/mol. The van der Waals surface area contributed by atoms with Crippen molar-refractivity contribution in [1.82, 2.24) is 0 Å². The maximum atomic E-state index is 2.57. The highest BCUT2D eigenvalue weighted by molar-refractivity contribution is 6.04. The molecule has 0 saturated heterocycles. The van der Waals surface area contributed by atoms with Gasteiger partial charge in [0.25, 0.3) is 0 Å². The summed E-state index contributed by atoms with van der Waals surface area (Å²) in [5.41, 5.74) is 8.36. The Bertz CT molecular complexity index is 2460. The molecule has 0 aromatic heterocycles. The van der Waals surface area contributed by atoms with Crippen molar-refractivity contribution in [2.45, 2.75) is 64.8 Å². The van der Waals surface area contributed by atoms with Gasteiger partial charge in [-0.05, 0) is 113 Å². The Kier molecular flexibility index (Phi) is 9.46. The number of nitrogens with zero attached hydrogens (tertiary/aromatic N) is 2. The van der Waals surface area contributed by atoms with Gasteiger partial charge in [-0.3, -0.25) is 0 Å². The van der Waals surface area contributed by atoms with Gasteiger partial charge in [0.15, 0.2) is 0 Å². The fourth-order valence-electron chi connectivity index (χ4n) is 8.38. The molecule has 0 saturated carbocycles. The molecule has 0 aliphatic heterocycles. The molecule has 54 heavy (non-hydrogen) atoms. The minimum atomic E-state index is -0.317. The van der Waals surface area contributed by atoms with E-state index in [0.29, 0.717) is 0 Å². The van der Waals surface area contributed by atoms with E-state index in [1.54, 1.807) is 0 Å². The van der Waals surface area contributed by atoms with E-state index in [1.807, 2.05) is 0 Å². The highest BCUT2D eigenvalue weighted by atomic mass is 15.2. The minimum absolute atomic E-state index is 0.176. The molecule has 0 fully saturated rings. The lowest BCUT2D eigenvalue weighted by molar-refractivity contribution is 0.436. The Labute approximate surface area is 321 Å². The molecule has 0 spiro atoms. The van der Waals surface area contributed by atoms with Gasteiger partial charge >= 0.3 is 0 Å². The van der Waals surface area contributed by atoms with E-state index in [0.717, 1.165) is 42.0 Å². The van der Waals surface area contributed by atoms with Crippen LogP contribution in [-0.2, 0) is 11.0 Å². The normalized spacial score (nSPS) is 12.9. The van der Waals surface area contributed by atoms with E-state index >= 15 is 0 Å². The van der Waals surface area contributed by atoms with E-state index in [4.69, 9.17) is 0 Å². The van der Waals surface area contributed by atoms with Gasteiger partial charge in [-0.1, -0.05) is 155 Å². The van der Waals surface area contributed by atoms with E-state index in [1.165, 1.54) is 49.1 Å².